The molecule has 0 bridgehead atoms. The zero-order valence-corrected chi connectivity index (χ0v) is 12.7. The summed E-state index contributed by atoms with van der Waals surface area (Å²) in [5, 5.41) is 13.1. The first kappa shape index (κ1) is 14.7. The minimum Gasteiger partial charge on any atom is -0.478 e. The smallest absolute Gasteiger partial charge is 0.335 e. The number of hydrogen-bond acceptors (Lipinski definition) is 3. The van der Waals surface area contributed by atoms with Gasteiger partial charge in [0.25, 0.3) is 0 Å². The molecule has 5 nitrogen and oxygen atoms in total. The Kier molecular flexibility index (Phi) is 3.92. The molecule has 0 aliphatic carbocycles. The molecule has 1 aromatic heterocycles. The lowest BCUT2D eigenvalue weighted by molar-refractivity contribution is 0.0697. The molecule has 3 rings (SSSR count). The van der Waals surface area contributed by atoms with Gasteiger partial charge in [-0.05, 0) is 35.9 Å². The number of rotatable bonds is 4. The summed E-state index contributed by atoms with van der Waals surface area (Å²) in [6.07, 6.45) is 0. The lowest BCUT2D eigenvalue weighted by Crippen LogP contribution is -2.00. The van der Waals surface area contributed by atoms with Gasteiger partial charge in [-0.25, -0.2) is 9.78 Å². The van der Waals surface area contributed by atoms with Gasteiger partial charge in [0.15, 0.2) is 0 Å². The molecule has 0 spiro atoms. The summed E-state index contributed by atoms with van der Waals surface area (Å²) < 4.78 is 0. The van der Waals surface area contributed by atoms with Gasteiger partial charge in [-0.2, -0.15) is 0 Å². The highest BCUT2D eigenvalue weighted by Gasteiger charge is 2.07. The Morgan fingerprint density at radius 1 is 1.18 bits per heavy atom. The molecule has 0 atom stereocenters. The van der Waals surface area contributed by atoms with Crippen LogP contribution in [0.25, 0.3) is 11.0 Å². The largest absolute Gasteiger partial charge is 0.478 e. The highest BCUT2D eigenvalue weighted by Crippen LogP contribution is 2.23. The number of fused-ring (bicyclic) bond motifs is 1. The third-order valence-electron chi connectivity index (χ3n) is 3.17. The molecule has 3 aromatic rings. The molecule has 0 unspecified atom stereocenters. The van der Waals surface area contributed by atoms with Crippen molar-refractivity contribution in [3.63, 3.8) is 0 Å². The molecule has 0 aliphatic heterocycles. The maximum absolute atomic E-state index is 10.9. The summed E-state index contributed by atoms with van der Waals surface area (Å²) in [7, 11) is 0. The zero-order valence-electron chi connectivity index (χ0n) is 11.2. The number of halogens is 2. The molecule has 0 saturated heterocycles. The fourth-order valence-electron chi connectivity index (χ4n) is 2.06. The number of carboxylic acid groups (broad SMARTS) is 1. The van der Waals surface area contributed by atoms with Crippen LogP contribution in [0.5, 0.6) is 0 Å². The molecule has 22 heavy (non-hydrogen) atoms. The van der Waals surface area contributed by atoms with E-state index in [1.54, 1.807) is 24.3 Å². The van der Waals surface area contributed by atoms with E-state index in [-0.39, 0.29) is 5.56 Å². The lowest BCUT2D eigenvalue weighted by atomic mass is 10.2. The number of aromatic amines is 1. The van der Waals surface area contributed by atoms with Crippen LogP contribution in [0.1, 0.15) is 15.9 Å². The number of aromatic nitrogens is 2. The van der Waals surface area contributed by atoms with Crippen LogP contribution >= 0.6 is 23.2 Å². The maximum Gasteiger partial charge on any atom is 0.335 e. The van der Waals surface area contributed by atoms with Crippen molar-refractivity contribution in [3.8, 4) is 0 Å². The summed E-state index contributed by atoms with van der Waals surface area (Å²) in [6.45, 7) is 0.516. The highest BCUT2D eigenvalue weighted by atomic mass is 35.5. The van der Waals surface area contributed by atoms with Crippen LogP contribution in [0.3, 0.4) is 0 Å². The van der Waals surface area contributed by atoms with Crippen molar-refractivity contribution >= 4 is 46.2 Å². The third kappa shape index (κ3) is 3.00. The molecule has 112 valence electrons. The number of benzene rings is 2. The summed E-state index contributed by atoms with van der Waals surface area (Å²) >= 11 is 11.8. The second kappa shape index (κ2) is 5.87. The first-order valence-corrected chi connectivity index (χ1v) is 7.19. The molecule has 3 N–H and O–H groups in total. The molecule has 2 aromatic carbocycles. The Bertz CT molecular complexity index is 861. The quantitative estimate of drug-likeness (QED) is 0.668. The van der Waals surface area contributed by atoms with Crippen LogP contribution in [0.4, 0.5) is 5.95 Å². The molecule has 0 amide bonds. The van der Waals surface area contributed by atoms with E-state index in [1.807, 2.05) is 6.07 Å². The molecular weight excluding hydrogens is 325 g/mol. The van der Waals surface area contributed by atoms with Gasteiger partial charge in [0.05, 0.1) is 26.6 Å². The van der Waals surface area contributed by atoms with Gasteiger partial charge in [0.1, 0.15) is 0 Å². The number of H-pyrrole nitrogens is 1. The number of anilines is 1. The molecule has 0 fully saturated rings. The van der Waals surface area contributed by atoms with Crippen LogP contribution in [-0.4, -0.2) is 21.0 Å². The number of aromatic carboxylic acids is 1. The van der Waals surface area contributed by atoms with Crippen molar-refractivity contribution in [1.82, 2.24) is 9.97 Å². The second-order valence-corrected chi connectivity index (χ2v) is 5.54. The van der Waals surface area contributed by atoms with Gasteiger partial charge < -0.3 is 15.4 Å². The number of imidazole rings is 1. The monoisotopic (exact) mass is 335 g/mol. The van der Waals surface area contributed by atoms with E-state index < -0.39 is 5.97 Å². The van der Waals surface area contributed by atoms with Crippen LogP contribution in [0, 0.1) is 0 Å². The Hall–Kier alpha value is -2.24. The van der Waals surface area contributed by atoms with Crippen LogP contribution in [-0.2, 0) is 6.54 Å². The maximum atomic E-state index is 10.9. The van der Waals surface area contributed by atoms with E-state index in [0.29, 0.717) is 33.6 Å². The minimum atomic E-state index is -0.971. The van der Waals surface area contributed by atoms with Crippen LogP contribution < -0.4 is 5.32 Å². The fraction of sp³-hybridized carbons (Fsp3) is 0.0667. The van der Waals surface area contributed by atoms with Crippen LogP contribution in [0.15, 0.2) is 36.4 Å². The lowest BCUT2D eigenvalue weighted by Gasteiger charge is -2.04. The normalized spacial score (nSPS) is 10.8. The standard InChI is InChI=1S/C15H11Cl2N3O2/c16-10-3-1-8(5-11(10)17)7-18-15-19-12-4-2-9(14(21)22)6-13(12)20-15/h1-6H,7H2,(H,21,22)(H2,18,19,20). The van der Waals surface area contributed by atoms with E-state index in [0.717, 1.165) is 5.56 Å². The van der Waals surface area contributed by atoms with Gasteiger partial charge in [-0.1, -0.05) is 29.3 Å². The second-order valence-electron chi connectivity index (χ2n) is 4.72. The fourth-order valence-corrected chi connectivity index (χ4v) is 2.38. The van der Waals surface area contributed by atoms with Crippen molar-refractivity contribution in [1.29, 1.82) is 0 Å². The number of carboxylic acids is 1. The third-order valence-corrected chi connectivity index (χ3v) is 3.91. The zero-order chi connectivity index (χ0) is 15.7. The number of nitrogens with one attached hydrogen (secondary N) is 2. The Labute approximate surface area is 135 Å². The van der Waals surface area contributed by atoms with Gasteiger partial charge in [-0.15, -0.1) is 0 Å². The van der Waals surface area contributed by atoms with E-state index in [9.17, 15) is 4.79 Å². The molecule has 1 heterocycles. The Morgan fingerprint density at radius 2 is 2.00 bits per heavy atom. The predicted octanol–water partition coefficient (Wildman–Crippen LogP) is 4.18. The molecule has 0 aliphatic rings. The SMILES string of the molecule is O=C(O)c1ccc2nc(NCc3ccc(Cl)c(Cl)c3)[nH]c2c1. The van der Waals surface area contributed by atoms with Gasteiger partial charge in [-0.3, -0.25) is 0 Å². The van der Waals surface area contributed by atoms with Crippen molar-refractivity contribution in [2.24, 2.45) is 0 Å². The topological polar surface area (TPSA) is 78.0 Å². The first-order valence-electron chi connectivity index (χ1n) is 6.44. The summed E-state index contributed by atoms with van der Waals surface area (Å²) in [6, 6.07) is 10.1. The summed E-state index contributed by atoms with van der Waals surface area (Å²) in [5.41, 5.74) is 2.53. The number of hydrogen-bond donors (Lipinski definition) is 3. The molecule has 0 radical (unpaired) electrons. The van der Waals surface area contributed by atoms with E-state index >= 15 is 0 Å². The Morgan fingerprint density at radius 3 is 2.73 bits per heavy atom. The minimum absolute atomic E-state index is 0.215. The average Bonchev–Trinajstić information content (AvgIpc) is 2.90. The van der Waals surface area contributed by atoms with Crippen molar-refractivity contribution in [2.75, 3.05) is 5.32 Å². The van der Waals surface area contributed by atoms with Gasteiger partial charge in [0, 0.05) is 6.54 Å². The Balaban J connectivity index is 1.79. The van der Waals surface area contributed by atoms with E-state index in [2.05, 4.69) is 15.3 Å². The predicted molar refractivity (Wildman–Crippen MR) is 86.8 cm³/mol. The van der Waals surface area contributed by atoms with Gasteiger partial charge >= 0.3 is 5.97 Å². The van der Waals surface area contributed by atoms with E-state index in [1.165, 1.54) is 6.07 Å². The number of nitrogens with zero attached hydrogens (tertiary/aromatic N) is 1. The van der Waals surface area contributed by atoms with Gasteiger partial charge in [0.2, 0.25) is 5.95 Å². The van der Waals surface area contributed by atoms with E-state index in [4.69, 9.17) is 28.3 Å². The highest BCUT2D eigenvalue weighted by molar-refractivity contribution is 6.42. The van der Waals surface area contributed by atoms with Crippen molar-refractivity contribution in [2.45, 2.75) is 6.54 Å². The van der Waals surface area contributed by atoms with Crippen molar-refractivity contribution < 1.29 is 9.90 Å². The summed E-state index contributed by atoms with van der Waals surface area (Å²) in [4.78, 5) is 18.3. The summed E-state index contributed by atoms with van der Waals surface area (Å²) in [5.74, 6) is -0.412. The molecule has 7 heteroatoms. The molecular formula is C15H11Cl2N3O2. The molecule has 0 saturated carbocycles. The average molecular weight is 336 g/mol. The number of carbonyl (C=O) groups is 1. The van der Waals surface area contributed by atoms with Crippen LogP contribution in [0.2, 0.25) is 10.0 Å². The van der Waals surface area contributed by atoms with Crippen molar-refractivity contribution in [3.05, 3.63) is 57.6 Å². The first-order chi connectivity index (χ1) is 10.5.